The van der Waals surface area contributed by atoms with Crippen molar-refractivity contribution in [2.45, 2.75) is 52.4 Å². The highest BCUT2D eigenvalue weighted by Gasteiger charge is 2.19. The van der Waals surface area contributed by atoms with E-state index < -0.39 is 0 Å². The summed E-state index contributed by atoms with van der Waals surface area (Å²) in [4.78, 5) is 31.3. The highest BCUT2D eigenvalue weighted by Crippen LogP contribution is 2.30. The number of carbonyl (C=O) groups is 2. The van der Waals surface area contributed by atoms with Gasteiger partial charge in [-0.2, -0.15) is 5.10 Å². The summed E-state index contributed by atoms with van der Waals surface area (Å²) in [6.07, 6.45) is 4.40. The van der Waals surface area contributed by atoms with Gasteiger partial charge in [0.2, 0.25) is 11.8 Å². The van der Waals surface area contributed by atoms with Gasteiger partial charge in [0.25, 0.3) is 0 Å². The number of nitrogens with one attached hydrogen (secondary N) is 1. The first kappa shape index (κ1) is 28.1. The van der Waals surface area contributed by atoms with Crippen molar-refractivity contribution in [3.05, 3.63) is 71.0 Å². The maximum atomic E-state index is 12.8. The van der Waals surface area contributed by atoms with Gasteiger partial charge in [-0.25, -0.2) is 9.50 Å². The third-order valence-corrected chi connectivity index (χ3v) is 7.72. The molecule has 0 saturated carbocycles. The van der Waals surface area contributed by atoms with Gasteiger partial charge in [-0.05, 0) is 74.9 Å². The monoisotopic (exact) mass is 555 g/mol. The lowest BCUT2D eigenvalue weighted by Gasteiger charge is -2.15. The van der Waals surface area contributed by atoms with Crippen molar-refractivity contribution in [1.82, 2.24) is 19.5 Å². The fraction of sp³-hybridized carbons (Fsp3) is 0.375. The predicted octanol–water partition coefficient (Wildman–Crippen LogP) is 5.16. The summed E-state index contributed by atoms with van der Waals surface area (Å²) < 4.78 is 12.7. The number of carbonyl (C=O) groups excluding carboxylic acids is 2. The molecular formula is C32H37N5O4. The molecule has 41 heavy (non-hydrogen) atoms. The second kappa shape index (κ2) is 12.4. The van der Waals surface area contributed by atoms with Gasteiger partial charge in [0.15, 0.2) is 5.65 Å². The summed E-state index contributed by atoms with van der Waals surface area (Å²) in [5, 5.41) is 7.82. The molecule has 214 valence electrons. The molecule has 0 spiro atoms. The zero-order valence-electron chi connectivity index (χ0n) is 24.2. The smallest absolute Gasteiger partial charge is 0.224 e. The molecule has 0 unspecified atom stereocenters. The van der Waals surface area contributed by atoms with Crippen molar-refractivity contribution in [3.8, 4) is 22.8 Å². The van der Waals surface area contributed by atoms with Crippen molar-refractivity contribution < 1.29 is 19.1 Å². The number of ether oxygens (including phenoxy) is 2. The van der Waals surface area contributed by atoms with Crippen LogP contribution >= 0.6 is 0 Å². The van der Waals surface area contributed by atoms with Crippen molar-refractivity contribution in [2.75, 3.05) is 32.6 Å². The van der Waals surface area contributed by atoms with Gasteiger partial charge in [-0.3, -0.25) is 9.59 Å². The molecule has 0 atom stereocenters. The summed E-state index contributed by atoms with van der Waals surface area (Å²) in [6.45, 7) is 5.68. The van der Waals surface area contributed by atoms with E-state index in [-0.39, 0.29) is 11.8 Å². The summed E-state index contributed by atoms with van der Waals surface area (Å²) in [5.41, 5.74) is 7.22. The number of hydrogen-bond acceptors (Lipinski definition) is 6. The number of methoxy groups -OCH3 is 2. The van der Waals surface area contributed by atoms with Crippen LogP contribution in [0.5, 0.6) is 11.5 Å². The fourth-order valence-corrected chi connectivity index (χ4v) is 5.42. The zero-order valence-corrected chi connectivity index (χ0v) is 24.2. The van der Waals surface area contributed by atoms with Gasteiger partial charge in [-0.15, -0.1) is 0 Å². The fourth-order valence-electron chi connectivity index (χ4n) is 5.42. The Hall–Kier alpha value is -4.40. The van der Waals surface area contributed by atoms with Gasteiger partial charge >= 0.3 is 0 Å². The number of benzene rings is 2. The Morgan fingerprint density at radius 3 is 2.39 bits per heavy atom. The van der Waals surface area contributed by atoms with Crippen LogP contribution in [0.1, 0.15) is 48.2 Å². The van der Waals surface area contributed by atoms with E-state index in [0.717, 1.165) is 71.9 Å². The maximum Gasteiger partial charge on any atom is 0.224 e. The van der Waals surface area contributed by atoms with Gasteiger partial charge in [-0.1, -0.05) is 12.1 Å². The second-order valence-electron chi connectivity index (χ2n) is 10.5. The molecule has 0 bridgehead atoms. The Kier molecular flexibility index (Phi) is 8.52. The minimum absolute atomic E-state index is 0.0474. The van der Waals surface area contributed by atoms with E-state index in [9.17, 15) is 9.59 Å². The molecule has 2 amide bonds. The zero-order chi connectivity index (χ0) is 28.9. The van der Waals surface area contributed by atoms with E-state index in [2.05, 4.69) is 5.32 Å². The minimum atomic E-state index is -0.0474. The average molecular weight is 556 g/mol. The van der Waals surface area contributed by atoms with Gasteiger partial charge in [0, 0.05) is 60.7 Å². The lowest BCUT2D eigenvalue weighted by molar-refractivity contribution is -0.127. The summed E-state index contributed by atoms with van der Waals surface area (Å²) >= 11 is 0. The molecule has 2 aromatic heterocycles. The maximum absolute atomic E-state index is 12.8. The number of likely N-dealkylation sites (tertiary alicyclic amines) is 1. The minimum Gasteiger partial charge on any atom is -0.497 e. The highest BCUT2D eigenvalue weighted by atomic mass is 16.5. The molecule has 3 heterocycles. The Bertz CT molecular complexity index is 1540. The Labute approximate surface area is 240 Å². The number of amides is 2. The Morgan fingerprint density at radius 2 is 1.73 bits per heavy atom. The molecule has 4 aromatic rings. The largest absolute Gasteiger partial charge is 0.497 e. The third kappa shape index (κ3) is 6.51. The van der Waals surface area contributed by atoms with E-state index in [0.29, 0.717) is 30.8 Å². The van der Waals surface area contributed by atoms with Crippen molar-refractivity contribution in [3.63, 3.8) is 0 Å². The predicted molar refractivity (Wildman–Crippen MR) is 159 cm³/mol. The van der Waals surface area contributed by atoms with Gasteiger partial charge < -0.3 is 19.7 Å². The summed E-state index contributed by atoms with van der Waals surface area (Å²) in [6, 6.07) is 15.6. The molecule has 9 heteroatoms. The van der Waals surface area contributed by atoms with Gasteiger partial charge in [0.05, 0.1) is 19.9 Å². The molecule has 1 aliphatic heterocycles. The first-order valence-corrected chi connectivity index (χ1v) is 14.1. The van der Waals surface area contributed by atoms with Crippen LogP contribution in [0.15, 0.2) is 48.5 Å². The second-order valence-corrected chi connectivity index (χ2v) is 10.5. The molecule has 0 radical (unpaired) electrons. The molecule has 1 fully saturated rings. The number of nitrogens with zero attached hydrogens (tertiary/aromatic N) is 4. The van der Waals surface area contributed by atoms with Crippen LogP contribution in [-0.4, -0.2) is 58.6 Å². The SMILES string of the molecule is COc1cc(OC)cc(-c2cc3nc(C)c(CCC(=O)Nc4ccc(CCCN5CCCC5=O)cc4)c(C)n3n2)c1. The third-order valence-electron chi connectivity index (χ3n) is 7.72. The lowest BCUT2D eigenvalue weighted by Crippen LogP contribution is -2.25. The molecular weight excluding hydrogens is 518 g/mol. The normalized spacial score (nSPS) is 13.2. The van der Waals surface area contributed by atoms with Crippen LogP contribution in [0, 0.1) is 13.8 Å². The van der Waals surface area contributed by atoms with E-state index in [4.69, 9.17) is 19.6 Å². The molecule has 2 aromatic carbocycles. The molecule has 9 nitrogen and oxygen atoms in total. The molecule has 1 aliphatic rings. The number of anilines is 1. The van der Waals surface area contributed by atoms with Crippen molar-refractivity contribution in [2.24, 2.45) is 0 Å². The van der Waals surface area contributed by atoms with Crippen molar-refractivity contribution >= 4 is 23.1 Å². The van der Waals surface area contributed by atoms with Gasteiger partial charge in [0.1, 0.15) is 11.5 Å². The number of aryl methyl sites for hydroxylation is 3. The van der Waals surface area contributed by atoms with Crippen molar-refractivity contribution in [1.29, 1.82) is 0 Å². The van der Waals surface area contributed by atoms with Crippen LogP contribution in [0.25, 0.3) is 16.9 Å². The standard InChI is InChI=1S/C32H37N5O4/c1-21-28(22(2)37-30(33-21)20-29(35-37)24-17-26(40-3)19-27(18-24)41-4)13-14-31(38)34-25-11-9-23(10-12-25)7-5-15-36-16-6-8-32(36)39/h9-12,17-20H,5-8,13-16H2,1-4H3,(H,34,38). The van der Waals surface area contributed by atoms with Crippen LogP contribution < -0.4 is 14.8 Å². The number of hydrogen-bond donors (Lipinski definition) is 1. The molecule has 0 aliphatic carbocycles. The van der Waals surface area contributed by atoms with E-state index in [1.807, 2.05) is 71.8 Å². The molecule has 5 rings (SSSR count). The van der Waals surface area contributed by atoms with Crippen LogP contribution in [0.2, 0.25) is 0 Å². The first-order valence-electron chi connectivity index (χ1n) is 14.1. The first-order chi connectivity index (χ1) is 19.8. The highest BCUT2D eigenvalue weighted by molar-refractivity contribution is 5.90. The van der Waals surface area contributed by atoms with Crippen LogP contribution in [0.3, 0.4) is 0 Å². The molecule has 1 saturated heterocycles. The van der Waals surface area contributed by atoms with Crippen LogP contribution in [-0.2, 0) is 22.4 Å². The number of aromatic nitrogens is 3. The number of fused-ring (bicyclic) bond motifs is 1. The lowest BCUT2D eigenvalue weighted by atomic mass is 10.1. The Morgan fingerprint density at radius 1 is 1.00 bits per heavy atom. The summed E-state index contributed by atoms with van der Waals surface area (Å²) in [7, 11) is 3.24. The summed E-state index contributed by atoms with van der Waals surface area (Å²) in [5.74, 6) is 1.60. The van der Waals surface area contributed by atoms with Crippen LogP contribution in [0.4, 0.5) is 5.69 Å². The average Bonchev–Trinajstić information content (AvgIpc) is 3.59. The number of rotatable bonds is 11. The van der Waals surface area contributed by atoms with E-state index in [1.165, 1.54) is 5.56 Å². The Balaban J connectivity index is 1.20. The quantitative estimate of drug-likeness (QED) is 0.275. The van der Waals surface area contributed by atoms with E-state index in [1.54, 1.807) is 14.2 Å². The van der Waals surface area contributed by atoms with E-state index >= 15 is 0 Å². The topological polar surface area (TPSA) is 98.1 Å². The molecule has 1 N–H and O–H groups in total.